The summed E-state index contributed by atoms with van der Waals surface area (Å²) in [6.45, 7) is -0.497. The van der Waals surface area contributed by atoms with E-state index < -0.39 is 58.7 Å². The Hall–Kier alpha value is -4.78. The van der Waals surface area contributed by atoms with Crippen molar-refractivity contribution >= 4 is 5.97 Å². The number of ether oxygens (including phenoxy) is 1. The third kappa shape index (κ3) is 7.30. The number of carboxylic acid groups (broad SMARTS) is 1. The summed E-state index contributed by atoms with van der Waals surface area (Å²) >= 11 is 0. The van der Waals surface area contributed by atoms with Crippen molar-refractivity contribution in [2.75, 3.05) is 20.2 Å². The highest BCUT2D eigenvalue weighted by atomic mass is 19.4. The minimum absolute atomic E-state index is 0.0156. The fraction of sp³-hybridized carbons (Fsp3) is 0.324. The molecule has 1 N–H and O–H groups in total. The molecule has 1 atom stereocenters. The van der Waals surface area contributed by atoms with Crippen LogP contribution < -0.4 is 16.0 Å². The number of aliphatic carboxylic acids is 1. The highest BCUT2D eigenvalue weighted by Gasteiger charge is 2.35. The lowest BCUT2D eigenvalue weighted by molar-refractivity contribution is -0.139. The number of unbranched alkanes of at least 4 members (excludes halogenated alkanes) is 1. The maximum absolute atomic E-state index is 15.9. The molecular formula is C34H32F5N3O5. The number of alkyl halides is 3. The quantitative estimate of drug-likeness (QED) is 0.160. The van der Waals surface area contributed by atoms with Crippen LogP contribution in [-0.2, 0) is 30.5 Å². The molecule has 0 bridgehead atoms. The van der Waals surface area contributed by atoms with E-state index in [1.807, 2.05) is 36.2 Å². The first kappa shape index (κ1) is 33.6. The van der Waals surface area contributed by atoms with Gasteiger partial charge in [-0.15, -0.1) is 0 Å². The molecule has 3 aromatic carbocycles. The number of fused-ring (bicyclic) bond motifs is 1. The molecule has 248 valence electrons. The van der Waals surface area contributed by atoms with E-state index in [-0.39, 0.29) is 36.4 Å². The number of halogens is 5. The number of benzene rings is 3. The van der Waals surface area contributed by atoms with Gasteiger partial charge in [0.2, 0.25) is 0 Å². The van der Waals surface area contributed by atoms with E-state index in [0.717, 1.165) is 45.0 Å². The van der Waals surface area contributed by atoms with Gasteiger partial charge in [0, 0.05) is 30.3 Å². The molecule has 0 saturated carbocycles. The summed E-state index contributed by atoms with van der Waals surface area (Å²) in [7, 11) is 1.82. The van der Waals surface area contributed by atoms with Gasteiger partial charge in [-0.3, -0.25) is 23.6 Å². The first-order valence-corrected chi connectivity index (χ1v) is 15.0. The van der Waals surface area contributed by atoms with Crippen LogP contribution in [0.1, 0.15) is 47.6 Å². The first-order chi connectivity index (χ1) is 22.4. The van der Waals surface area contributed by atoms with E-state index in [4.69, 9.17) is 9.84 Å². The van der Waals surface area contributed by atoms with E-state index in [1.165, 1.54) is 18.2 Å². The molecule has 5 rings (SSSR count). The highest BCUT2D eigenvalue weighted by Crippen LogP contribution is 2.34. The summed E-state index contributed by atoms with van der Waals surface area (Å²) in [6.07, 6.45) is -2.75. The molecule has 1 aromatic heterocycles. The van der Waals surface area contributed by atoms with E-state index in [1.54, 1.807) is 0 Å². The van der Waals surface area contributed by atoms with Crippen LogP contribution in [0, 0.1) is 11.6 Å². The van der Waals surface area contributed by atoms with Crippen molar-refractivity contribution in [2.24, 2.45) is 0 Å². The molecule has 0 fully saturated rings. The van der Waals surface area contributed by atoms with Crippen LogP contribution in [0.3, 0.4) is 0 Å². The number of carbonyl (C=O) groups is 1. The molecular weight excluding hydrogens is 625 g/mol. The summed E-state index contributed by atoms with van der Waals surface area (Å²) in [5, 5.41) is 8.82. The van der Waals surface area contributed by atoms with Gasteiger partial charge in [-0.2, -0.15) is 13.2 Å². The number of hydrogen-bond donors (Lipinski definition) is 1. The van der Waals surface area contributed by atoms with Crippen molar-refractivity contribution < 1.29 is 36.6 Å². The lowest BCUT2D eigenvalue weighted by Gasteiger charge is -2.35. The van der Waals surface area contributed by atoms with Crippen molar-refractivity contribution in [1.29, 1.82) is 0 Å². The van der Waals surface area contributed by atoms with Gasteiger partial charge in [0.15, 0.2) is 11.6 Å². The van der Waals surface area contributed by atoms with Crippen molar-refractivity contribution in [1.82, 2.24) is 14.0 Å². The molecule has 0 spiro atoms. The molecule has 0 aliphatic carbocycles. The second-order valence-electron chi connectivity index (χ2n) is 11.4. The monoisotopic (exact) mass is 657 g/mol. The van der Waals surface area contributed by atoms with Gasteiger partial charge in [-0.05, 0) is 55.6 Å². The van der Waals surface area contributed by atoms with Gasteiger partial charge in [0.25, 0.3) is 5.56 Å². The van der Waals surface area contributed by atoms with Crippen LogP contribution in [0.2, 0.25) is 0 Å². The SMILES string of the molecule is CN1CCc2ccccc2C1Cn1c(=O)c(-c2cccc(OCCCCC(=O)O)c2F)cn(Cc2c(F)cccc2C(F)(F)F)c1=O. The molecule has 0 radical (unpaired) electrons. The minimum atomic E-state index is -4.94. The second kappa shape index (κ2) is 13.9. The van der Waals surface area contributed by atoms with Gasteiger partial charge in [-0.25, -0.2) is 13.6 Å². The predicted octanol–water partition coefficient (Wildman–Crippen LogP) is 5.89. The minimum Gasteiger partial charge on any atom is -0.490 e. The van der Waals surface area contributed by atoms with Gasteiger partial charge in [0.1, 0.15) is 5.82 Å². The Balaban J connectivity index is 1.63. The molecule has 2 heterocycles. The van der Waals surface area contributed by atoms with Crippen molar-refractivity contribution in [3.8, 4) is 16.9 Å². The number of likely N-dealkylation sites (N-methyl/N-ethyl adjacent to an activating group) is 1. The number of nitrogens with zero attached hydrogens (tertiary/aromatic N) is 3. The molecule has 1 aliphatic rings. The number of rotatable bonds is 11. The van der Waals surface area contributed by atoms with E-state index >= 15 is 4.39 Å². The number of carboxylic acids is 1. The Kier molecular flexibility index (Phi) is 9.94. The fourth-order valence-electron chi connectivity index (χ4n) is 5.85. The Labute approximate surface area is 266 Å². The molecule has 13 heteroatoms. The lowest BCUT2D eigenvalue weighted by Crippen LogP contribution is -2.45. The number of aromatic nitrogens is 2. The zero-order valence-corrected chi connectivity index (χ0v) is 25.4. The van der Waals surface area contributed by atoms with Gasteiger partial charge in [-0.1, -0.05) is 42.5 Å². The highest BCUT2D eigenvalue weighted by molar-refractivity contribution is 5.66. The zero-order chi connectivity index (χ0) is 33.9. The van der Waals surface area contributed by atoms with Gasteiger partial charge in [0.05, 0.1) is 36.9 Å². The average molecular weight is 658 g/mol. The molecule has 1 aliphatic heterocycles. The normalized spacial score (nSPS) is 15.0. The fourth-order valence-corrected chi connectivity index (χ4v) is 5.85. The molecule has 1 unspecified atom stereocenters. The van der Waals surface area contributed by atoms with E-state index in [9.17, 15) is 31.9 Å². The average Bonchev–Trinajstić information content (AvgIpc) is 3.02. The van der Waals surface area contributed by atoms with Crippen molar-refractivity contribution in [3.63, 3.8) is 0 Å². The van der Waals surface area contributed by atoms with E-state index in [0.29, 0.717) is 25.5 Å². The molecule has 0 saturated heterocycles. The first-order valence-electron chi connectivity index (χ1n) is 15.0. The largest absolute Gasteiger partial charge is 0.490 e. The Morgan fingerprint density at radius 3 is 2.47 bits per heavy atom. The van der Waals surface area contributed by atoms with Crippen LogP contribution in [-0.4, -0.2) is 45.3 Å². The lowest BCUT2D eigenvalue weighted by atomic mass is 9.93. The van der Waals surface area contributed by atoms with Crippen molar-refractivity contribution in [2.45, 2.75) is 51.0 Å². The van der Waals surface area contributed by atoms with Crippen molar-refractivity contribution in [3.05, 3.63) is 122 Å². The third-order valence-corrected chi connectivity index (χ3v) is 8.32. The van der Waals surface area contributed by atoms with Crippen LogP contribution in [0.25, 0.3) is 11.1 Å². The zero-order valence-electron chi connectivity index (χ0n) is 25.4. The predicted molar refractivity (Wildman–Crippen MR) is 163 cm³/mol. The summed E-state index contributed by atoms with van der Waals surface area (Å²) in [6, 6.07) is 13.5. The summed E-state index contributed by atoms with van der Waals surface area (Å²) in [4.78, 5) is 40.6. The Morgan fingerprint density at radius 1 is 0.979 bits per heavy atom. The van der Waals surface area contributed by atoms with Crippen LogP contribution in [0.4, 0.5) is 22.0 Å². The van der Waals surface area contributed by atoms with E-state index in [2.05, 4.69) is 0 Å². The molecule has 4 aromatic rings. The molecule has 8 nitrogen and oxygen atoms in total. The maximum Gasteiger partial charge on any atom is 0.416 e. The summed E-state index contributed by atoms with van der Waals surface area (Å²) in [5.74, 6) is -3.38. The smallest absolute Gasteiger partial charge is 0.416 e. The van der Waals surface area contributed by atoms with Crippen LogP contribution in [0.15, 0.2) is 76.4 Å². The van der Waals surface area contributed by atoms with Crippen LogP contribution in [0.5, 0.6) is 5.75 Å². The summed E-state index contributed by atoms with van der Waals surface area (Å²) in [5.41, 5.74) is -2.70. The van der Waals surface area contributed by atoms with Gasteiger partial charge < -0.3 is 9.84 Å². The molecule has 47 heavy (non-hydrogen) atoms. The second-order valence-corrected chi connectivity index (χ2v) is 11.4. The standard InChI is InChI=1S/C34H32F5N3O5/c1-40-16-15-21-8-2-3-9-22(21)28(40)20-42-32(45)24(23-10-6-13-29(31(23)36)47-17-5-4-14-30(43)44)18-41(33(42)46)19-25-26(34(37,38)39)11-7-12-27(25)35/h2-3,6-13,18,28H,4-5,14-17,19-20H2,1H3,(H,43,44). The Morgan fingerprint density at radius 2 is 1.72 bits per heavy atom. The topological polar surface area (TPSA) is 93.8 Å². The number of hydrogen-bond acceptors (Lipinski definition) is 5. The van der Waals surface area contributed by atoms with Crippen LogP contribution >= 0.6 is 0 Å². The molecule has 0 amide bonds. The third-order valence-electron chi connectivity index (χ3n) is 8.32. The maximum atomic E-state index is 15.9. The van der Waals surface area contributed by atoms with Gasteiger partial charge >= 0.3 is 17.8 Å². The Bertz CT molecular complexity index is 1900. The summed E-state index contributed by atoms with van der Waals surface area (Å²) < 4.78 is 79.7.